The number of carboxylic acids is 1. The first-order valence-corrected chi connectivity index (χ1v) is 7.67. The van der Waals surface area contributed by atoms with Gasteiger partial charge in [0.05, 0.1) is 0 Å². The molecule has 2 N–H and O–H groups in total. The Hall–Kier alpha value is -1.26. The van der Waals surface area contributed by atoms with Crippen molar-refractivity contribution in [1.29, 1.82) is 0 Å². The van der Waals surface area contributed by atoms with Gasteiger partial charge in [0, 0.05) is 22.9 Å². The molecule has 0 aliphatic heterocycles. The molecule has 1 atom stereocenters. The zero-order valence-corrected chi connectivity index (χ0v) is 13.0. The van der Waals surface area contributed by atoms with Gasteiger partial charge in [-0.25, -0.2) is 4.79 Å². The number of nitrogens with one attached hydrogen (secondary N) is 1. The largest absolute Gasteiger partial charge is 0.480 e. The number of aliphatic carboxylic acids is 1. The van der Waals surface area contributed by atoms with Crippen LogP contribution in [-0.4, -0.2) is 23.0 Å². The van der Waals surface area contributed by atoms with E-state index in [0.29, 0.717) is 27.9 Å². The van der Waals surface area contributed by atoms with Gasteiger partial charge in [0.2, 0.25) is 5.91 Å². The van der Waals surface area contributed by atoms with Gasteiger partial charge in [0.15, 0.2) is 0 Å². The van der Waals surface area contributed by atoms with Crippen LogP contribution >= 0.6 is 23.2 Å². The minimum atomic E-state index is -1.06. The summed E-state index contributed by atoms with van der Waals surface area (Å²) in [5.41, 5.74) is 0.683. The van der Waals surface area contributed by atoms with Crippen LogP contribution in [0.2, 0.25) is 10.0 Å². The Balaban J connectivity index is 1.94. The second-order valence-corrected chi connectivity index (χ2v) is 6.30. The quantitative estimate of drug-likeness (QED) is 0.806. The molecule has 0 radical (unpaired) electrons. The number of hydrogen-bond donors (Lipinski definition) is 2. The lowest BCUT2D eigenvalue weighted by Gasteiger charge is -2.15. The summed E-state index contributed by atoms with van der Waals surface area (Å²) in [5, 5.41) is 12.7. The van der Waals surface area contributed by atoms with Crippen LogP contribution < -0.4 is 5.32 Å². The molecule has 1 aliphatic carbocycles. The van der Waals surface area contributed by atoms with Gasteiger partial charge in [-0.15, -0.1) is 0 Å². The summed E-state index contributed by atoms with van der Waals surface area (Å²) in [6.07, 6.45) is 3.73. The van der Waals surface area contributed by atoms with Crippen molar-refractivity contribution >= 4 is 35.1 Å². The lowest BCUT2D eigenvalue weighted by atomic mass is 10.1. The zero-order chi connectivity index (χ0) is 15.4. The molecule has 0 bridgehead atoms. The maximum Gasteiger partial charge on any atom is 0.326 e. The van der Waals surface area contributed by atoms with Crippen LogP contribution in [0.1, 0.15) is 31.2 Å². The van der Waals surface area contributed by atoms with Crippen molar-refractivity contribution in [3.05, 3.63) is 33.8 Å². The fourth-order valence-electron chi connectivity index (χ4n) is 2.17. The second kappa shape index (κ2) is 7.14. The van der Waals surface area contributed by atoms with Gasteiger partial charge in [0.1, 0.15) is 6.04 Å². The van der Waals surface area contributed by atoms with Crippen LogP contribution in [0.25, 0.3) is 0 Å². The Morgan fingerprint density at radius 3 is 2.38 bits per heavy atom. The third-order valence-electron chi connectivity index (χ3n) is 3.47. The molecule has 0 saturated heterocycles. The van der Waals surface area contributed by atoms with Crippen LogP contribution in [0, 0.1) is 5.92 Å². The maximum absolute atomic E-state index is 11.8. The molecule has 1 amide bonds. The molecule has 1 aliphatic rings. The first-order chi connectivity index (χ1) is 9.94. The Bertz CT molecular complexity index is 523. The summed E-state index contributed by atoms with van der Waals surface area (Å²) in [4.78, 5) is 23.1. The Kier molecular flexibility index (Phi) is 5.48. The van der Waals surface area contributed by atoms with E-state index in [4.69, 9.17) is 23.2 Å². The molecule has 1 aromatic rings. The molecule has 0 spiro atoms. The van der Waals surface area contributed by atoms with E-state index in [1.165, 1.54) is 12.8 Å². The number of benzene rings is 1. The van der Waals surface area contributed by atoms with Crippen LogP contribution in [-0.2, 0) is 16.0 Å². The SMILES string of the molecule is O=C(CCC1CC1)NC(Cc1cc(Cl)cc(Cl)c1)C(=O)O. The van der Waals surface area contributed by atoms with E-state index in [2.05, 4.69) is 5.32 Å². The standard InChI is InChI=1S/C15H17Cl2NO3/c16-11-5-10(6-12(17)8-11)7-13(15(20)21)18-14(19)4-3-9-1-2-9/h5-6,8-9,13H,1-4,7H2,(H,18,19)(H,20,21). The van der Waals surface area contributed by atoms with Gasteiger partial charge in [-0.2, -0.15) is 0 Å². The van der Waals surface area contributed by atoms with Gasteiger partial charge < -0.3 is 10.4 Å². The van der Waals surface area contributed by atoms with Crippen LogP contribution in [0.4, 0.5) is 0 Å². The molecule has 6 heteroatoms. The molecule has 1 saturated carbocycles. The van der Waals surface area contributed by atoms with E-state index in [1.807, 2.05) is 0 Å². The summed E-state index contributed by atoms with van der Waals surface area (Å²) >= 11 is 11.8. The van der Waals surface area contributed by atoms with E-state index in [9.17, 15) is 14.7 Å². The van der Waals surface area contributed by atoms with E-state index in [1.54, 1.807) is 18.2 Å². The first-order valence-electron chi connectivity index (χ1n) is 6.91. The minimum absolute atomic E-state index is 0.158. The normalized spacial score (nSPS) is 15.5. The van der Waals surface area contributed by atoms with Crippen LogP contribution in [0.5, 0.6) is 0 Å². The van der Waals surface area contributed by atoms with Crippen molar-refractivity contribution in [2.75, 3.05) is 0 Å². The number of amides is 1. The molecule has 114 valence electrons. The Labute approximate surface area is 133 Å². The van der Waals surface area contributed by atoms with Crippen molar-refractivity contribution in [3.63, 3.8) is 0 Å². The molecular formula is C15H17Cl2NO3. The summed E-state index contributed by atoms with van der Waals surface area (Å²) in [6.45, 7) is 0. The summed E-state index contributed by atoms with van der Waals surface area (Å²) in [5.74, 6) is -0.640. The molecule has 1 aromatic carbocycles. The summed E-state index contributed by atoms with van der Waals surface area (Å²) in [6, 6.07) is 3.92. The fraction of sp³-hybridized carbons (Fsp3) is 0.467. The third kappa shape index (κ3) is 5.56. The molecule has 4 nitrogen and oxygen atoms in total. The molecular weight excluding hydrogens is 313 g/mol. The topological polar surface area (TPSA) is 66.4 Å². The number of rotatable bonds is 7. The van der Waals surface area contributed by atoms with E-state index < -0.39 is 12.0 Å². The highest BCUT2D eigenvalue weighted by molar-refractivity contribution is 6.34. The second-order valence-electron chi connectivity index (χ2n) is 5.42. The smallest absolute Gasteiger partial charge is 0.326 e. The van der Waals surface area contributed by atoms with Gasteiger partial charge >= 0.3 is 5.97 Å². The van der Waals surface area contributed by atoms with Gasteiger partial charge in [-0.1, -0.05) is 36.0 Å². The van der Waals surface area contributed by atoms with E-state index in [-0.39, 0.29) is 12.3 Å². The van der Waals surface area contributed by atoms with E-state index >= 15 is 0 Å². The molecule has 21 heavy (non-hydrogen) atoms. The maximum atomic E-state index is 11.8. The molecule has 0 heterocycles. The number of hydrogen-bond acceptors (Lipinski definition) is 2. The monoisotopic (exact) mass is 329 g/mol. The fourth-order valence-corrected chi connectivity index (χ4v) is 2.74. The minimum Gasteiger partial charge on any atom is -0.480 e. The predicted molar refractivity (Wildman–Crippen MR) is 81.7 cm³/mol. The average Bonchev–Trinajstić information content (AvgIpc) is 3.18. The number of carbonyl (C=O) groups excluding carboxylic acids is 1. The summed E-state index contributed by atoms with van der Waals surface area (Å²) < 4.78 is 0. The van der Waals surface area contributed by atoms with Gasteiger partial charge in [-0.05, 0) is 36.1 Å². The van der Waals surface area contributed by atoms with Gasteiger partial charge in [0.25, 0.3) is 0 Å². The van der Waals surface area contributed by atoms with E-state index in [0.717, 1.165) is 6.42 Å². The predicted octanol–water partition coefficient (Wildman–Crippen LogP) is 3.30. The van der Waals surface area contributed by atoms with Crippen molar-refractivity contribution in [3.8, 4) is 0 Å². The molecule has 1 fully saturated rings. The first kappa shape index (κ1) is 16.1. The Morgan fingerprint density at radius 1 is 1.24 bits per heavy atom. The molecule has 1 unspecified atom stereocenters. The number of halogens is 2. The highest BCUT2D eigenvalue weighted by Gasteiger charge is 2.24. The zero-order valence-electron chi connectivity index (χ0n) is 11.4. The lowest BCUT2D eigenvalue weighted by molar-refractivity contribution is -0.141. The van der Waals surface area contributed by atoms with Crippen molar-refractivity contribution in [1.82, 2.24) is 5.32 Å². The number of carbonyl (C=O) groups is 2. The highest BCUT2D eigenvalue weighted by Crippen LogP contribution is 2.33. The van der Waals surface area contributed by atoms with Gasteiger partial charge in [-0.3, -0.25) is 4.79 Å². The molecule has 2 rings (SSSR count). The summed E-state index contributed by atoms with van der Waals surface area (Å²) in [7, 11) is 0. The molecule has 0 aromatic heterocycles. The Morgan fingerprint density at radius 2 is 1.86 bits per heavy atom. The van der Waals surface area contributed by atoms with Crippen LogP contribution in [0.15, 0.2) is 18.2 Å². The average molecular weight is 330 g/mol. The lowest BCUT2D eigenvalue weighted by Crippen LogP contribution is -2.42. The van der Waals surface area contributed by atoms with Crippen LogP contribution in [0.3, 0.4) is 0 Å². The highest BCUT2D eigenvalue weighted by atomic mass is 35.5. The van der Waals surface area contributed by atoms with Crippen molar-refractivity contribution in [2.45, 2.75) is 38.1 Å². The van der Waals surface area contributed by atoms with Crippen molar-refractivity contribution in [2.24, 2.45) is 5.92 Å². The third-order valence-corrected chi connectivity index (χ3v) is 3.91. The van der Waals surface area contributed by atoms with Crippen molar-refractivity contribution < 1.29 is 14.7 Å². The number of carboxylic acid groups (broad SMARTS) is 1.